The molecule has 0 aromatic heterocycles. The predicted molar refractivity (Wildman–Crippen MR) is 92.6 cm³/mol. The van der Waals surface area contributed by atoms with E-state index in [2.05, 4.69) is 4.90 Å². The van der Waals surface area contributed by atoms with E-state index in [0.717, 1.165) is 43.1 Å². The molecule has 0 saturated carbocycles. The number of hydrogen-bond donors (Lipinski definition) is 0. The quantitative estimate of drug-likeness (QED) is 0.779. The highest BCUT2D eigenvalue weighted by molar-refractivity contribution is 7.86. The smallest absolute Gasteiger partial charge is 0.297 e. The summed E-state index contributed by atoms with van der Waals surface area (Å²) >= 11 is 0. The highest BCUT2D eigenvalue weighted by atomic mass is 32.2. The molecule has 1 aliphatic heterocycles. The van der Waals surface area contributed by atoms with Gasteiger partial charge >= 0.3 is 0 Å². The summed E-state index contributed by atoms with van der Waals surface area (Å²) in [6.45, 7) is 5.15. The first kappa shape index (κ1) is 17.0. The minimum Gasteiger partial charge on any atom is -0.378 e. The van der Waals surface area contributed by atoms with Crippen molar-refractivity contribution in [2.75, 3.05) is 31.2 Å². The van der Waals surface area contributed by atoms with Crippen LogP contribution in [0.1, 0.15) is 11.1 Å². The molecular formula is C18H21NO4S. The number of aryl methyl sites for hydroxylation is 1. The van der Waals surface area contributed by atoms with E-state index in [1.54, 1.807) is 24.3 Å². The van der Waals surface area contributed by atoms with E-state index in [1.165, 1.54) is 0 Å². The maximum Gasteiger partial charge on any atom is 0.297 e. The van der Waals surface area contributed by atoms with Crippen molar-refractivity contribution in [1.29, 1.82) is 0 Å². The van der Waals surface area contributed by atoms with Crippen molar-refractivity contribution in [3.8, 4) is 0 Å². The fourth-order valence-corrected chi connectivity index (χ4v) is 3.44. The maximum absolute atomic E-state index is 12.2. The van der Waals surface area contributed by atoms with Gasteiger partial charge < -0.3 is 9.64 Å². The fraction of sp³-hybridized carbons (Fsp3) is 0.333. The van der Waals surface area contributed by atoms with Gasteiger partial charge in [0.05, 0.1) is 24.7 Å². The number of nitrogens with zero attached hydrogens (tertiary/aromatic N) is 1. The Morgan fingerprint density at radius 2 is 1.62 bits per heavy atom. The molecule has 2 aromatic carbocycles. The van der Waals surface area contributed by atoms with Crippen LogP contribution in [0.3, 0.4) is 0 Å². The fourth-order valence-electron chi connectivity index (χ4n) is 2.54. The van der Waals surface area contributed by atoms with Crippen LogP contribution in [0.2, 0.25) is 0 Å². The second-order valence-corrected chi connectivity index (χ2v) is 7.41. The molecule has 0 radical (unpaired) electrons. The van der Waals surface area contributed by atoms with E-state index in [-0.39, 0.29) is 11.5 Å². The van der Waals surface area contributed by atoms with Crippen LogP contribution in [0.5, 0.6) is 0 Å². The lowest BCUT2D eigenvalue weighted by Gasteiger charge is -2.28. The Labute approximate surface area is 142 Å². The summed E-state index contributed by atoms with van der Waals surface area (Å²) in [4.78, 5) is 2.43. The van der Waals surface area contributed by atoms with Gasteiger partial charge in [0.1, 0.15) is 0 Å². The summed E-state index contributed by atoms with van der Waals surface area (Å²) in [6.07, 6.45) is 0. The van der Waals surface area contributed by atoms with Crippen molar-refractivity contribution in [3.63, 3.8) is 0 Å². The Bertz CT molecular complexity index is 764. The van der Waals surface area contributed by atoms with E-state index >= 15 is 0 Å². The second kappa shape index (κ2) is 7.34. The minimum atomic E-state index is -3.73. The Kier molecular flexibility index (Phi) is 5.18. The predicted octanol–water partition coefficient (Wildman–Crippen LogP) is 2.74. The van der Waals surface area contributed by atoms with Crippen LogP contribution in [0.25, 0.3) is 0 Å². The van der Waals surface area contributed by atoms with Gasteiger partial charge in [0.25, 0.3) is 10.1 Å². The Morgan fingerprint density at radius 3 is 2.25 bits per heavy atom. The van der Waals surface area contributed by atoms with Crippen LogP contribution >= 0.6 is 0 Å². The highest BCUT2D eigenvalue weighted by Crippen LogP contribution is 2.19. The SMILES string of the molecule is Cc1ccc(S(=O)(=O)OCc2ccc(N3CCOCC3)cc2)cc1. The molecule has 1 aliphatic rings. The molecule has 3 rings (SSSR count). The zero-order chi connectivity index (χ0) is 17.0. The van der Waals surface area contributed by atoms with Crippen molar-refractivity contribution in [1.82, 2.24) is 0 Å². The first-order valence-electron chi connectivity index (χ1n) is 7.92. The van der Waals surface area contributed by atoms with E-state index in [9.17, 15) is 8.42 Å². The van der Waals surface area contributed by atoms with Gasteiger partial charge in [-0.15, -0.1) is 0 Å². The number of ether oxygens (including phenoxy) is 1. The van der Waals surface area contributed by atoms with Gasteiger partial charge in [0, 0.05) is 18.8 Å². The Morgan fingerprint density at radius 1 is 1.00 bits per heavy atom. The molecule has 0 amide bonds. The molecule has 2 aromatic rings. The second-order valence-electron chi connectivity index (χ2n) is 5.80. The summed E-state index contributed by atoms with van der Waals surface area (Å²) in [5.74, 6) is 0. The molecule has 0 unspecified atom stereocenters. The average molecular weight is 347 g/mol. The van der Waals surface area contributed by atoms with Crippen molar-refractivity contribution < 1.29 is 17.3 Å². The van der Waals surface area contributed by atoms with Crippen molar-refractivity contribution in [2.45, 2.75) is 18.4 Å². The molecule has 1 heterocycles. The molecule has 5 nitrogen and oxygen atoms in total. The van der Waals surface area contributed by atoms with Crippen molar-refractivity contribution >= 4 is 15.8 Å². The average Bonchev–Trinajstić information content (AvgIpc) is 2.62. The molecule has 1 fully saturated rings. The van der Waals surface area contributed by atoms with Gasteiger partial charge in [-0.25, -0.2) is 0 Å². The zero-order valence-corrected chi connectivity index (χ0v) is 14.5. The van der Waals surface area contributed by atoms with Crippen LogP contribution in [0.15, 0.2) is 53.4 Å². The monoisotopic (exact) mass is 347 g/mol. The molecule has 0 spiro atoms. The lowest BCUT2D eigenvalue weighted by atomic mass is 10.2. The van der Waals surface area contributed by atoms with E-state index in [1.807, 2.05) is 31.2 Å². The summed E-state index contributed by atoms with van der Waals surface area (Å²) in [7, 11) is -3.73. The third-order valence-corrected chi connectivity index (χ3v) is 5.28. The Hall–Kier alpha value is -1.89. The highest BCUT2D eigenvalue weighted by Gasteiger charge is 2.15. The number of anilines is 1. The third-order valence-electron chi connectivity index (χ3n) is 4.00. The summed E-state index contributed by atoms with van der Waals surface area (Å²) in [6, 6.07) is 14.4. The van der Waals surface area contributed by atoms with Crippen LogP contribution in [-0.4, -0.2) is 34.7 Å². The largest absolute Gasteiger partial charge is 0.378 e. The lowest BCUT2D eigenvalue weighted by molar-refractivity contribution is 0.122. The summed E-state index contributed by atoms with van der Waals surface area (Å²) < 4.78 is 34.9. The zero-order valence-electron chi connectivity index (χ0n) is 13.6. The van der Waals surface area contributed by atoms with Crippen LogP contribution in [0, 0.1) is 6.92 Å². The summed E-state index contributed by atoms with van der Waals surface area (Å²) in [5, 5.41) is 0. The third kappa shape index (κ3) is 4.14. The van der Waals surface area contributed by atoms with E-state index < -0.39 is 10.1 Å². The number of rotatable bonds is 5. The van der Waals surface area contributed by atoms with Gasteiger partial charge in [-0.3, -0.25) is 4.18 Å². The maximum atomic E-state index is 12.2. The van der Waals surface area contributed by atoms with Crippen LogP contribution in [0.4, 0.5) is 5.69 Å². The molecule has 24 heavy (non-hydrogen) atoms. The molecule has 0 atom stereocenters. The molecule has 1 saturated heterocycles. The normalized spacial score (nSPS) is 15.5. The number of benzene rings is 2. The van der Waals surface area contributed by atoms with Crippen molar-refractivity contribution in [3.05, 3.63) is 59.7 Å². The van der Waals surface area contributed by atoms with Gasteiger partial charge in [-0.05, 0) is 36.8 Å². The van der Waals surface area contributed by atoms with Gasteiger partial charge in [0.15, 0.2) is 0 Å². The Balaban J connectivity index is 1.62. The molecule has 0 bridgehead atoms. The standard InChI is InChI=1S/C18H21NO4S/c1-15-2-8-18(9-3-15)24(20,21)23-14-16-4-6-17(7-5-16)19-10-12-22-13-11-19/h2-9H,10-14H2,1H3. The topological polar surface area (TPSA) is 55.8 Å². The van der Waals surface area contributed by atoms with Crippen LogP contribution in [-0.2, 0) is 25.6 Å². The van der Waals surface area contributed by atoms with Gasteiger partial charge in [-0.2, -0.15) is 8.42 Å². The van der Waals surface area contributed by atoms with Crippen molar-refractivity contribution in [2.24, 2.45) is 0 Å². The van der Waals surface area contributed by atoms with Crippen LogP contribution < -0.4 is 4.90 Å². The van der Waals surface area contributed by atoms with E-state index in [0.29, 0.717) is 0 Å². The molecule has 0 aliphatic carbocycles. The summed E-state index contributed by atoms with van der Waals surface area (Å²) in [5.41, 5.74) is 2.94. The first-order valence-corrected chi connectivity index (χ1v) is 9.33. The van der Waals surface area contributed by atoms with Gasteiger partial charge in [-0.1, -0.05) is 29.8 Å². The molecular weight excluding hydrogens is 326 g/mol. The number of morpholine rings is 1. The minimum absolute atomic E-state index is 0.0274. The van der Waals surface area contributed by atoms with E-state index in [4.69, 9.17) is 8.92 Å². The molecule has 128 valence electrons. The lowest BCUT2D eigenvalue weighted by Crippen LogP contribution is -2.36. The van der Waals surface area contributed by atoms with Gasteiger partial charge in [0.2, 0.25) is 0 Å². The first-order chi connectivity index (χ1) is 11.5. The molecule has 6 heteroatoms. The molecule has 0 N–H and O–H groups in total. The number of hydrogen-bond acceptors (Lipinski definition) is 5.